The Kier molecular flexibility index (Phi) is 12.9. The summed E-state index contributed by atoms with van der Waals surface area (Å²) >= 11 is 0. The first-order valence-corrected chi connectivity index (χ1v) is 13.5. The number of nitriles is 1. The van der Waals surface area contributed by atoms with Crippen LogP contribution in [0.2, 0.25) is 0 Å². The highest BCUT2D eigenvalue weighted by Crippen LogP contribution is 2.29. The Labute approximate surface area is 234 Å². The van der Waals surface area contributed by atoms with Crippen LogP contribution in [-0.2, 0) is 6.54 Å². The lowest BCUT2D eigenvalue weighted by molar-refractivity contribution is -0.383. The van der Waals surface area contributed by atoms with Crippen LogP contribution >= 0.6 is 0 Å². The molecular formula is C27H36N10O3. The number of nitro benzene ring substituents is 1. The predicted molar refractivity (Wildman–Crippen MR) is 154 cm³/mol. The van der Waals surface area contributed by atoms with Gasteiger partial charge in [0, 0.05) is 42.8 Å². The molecule has 0 atom stereocenters. The van der Waals surface area contributed by atoms with Gasteiger partial charge in [0.15, 0.2) is 6.19 Å². The average Bonchev–Trinajstić information content (AvgIpc) is 2.96. The average molecular weight is 549 g/mol. The summed E-state index contributed by atoms with van der Waals surface area (Å²) in [6.45, 7) is 5.38. The molecular weight excluding hydrogens is 512 g/mol. The Morgan fingerprint density at radius 3 is 2.77 bits per heavy atom. The number of aliphatic imine (C=N–C) groups is 1. The maximum absolute atomic E-state index is 11.3. The Balaban J connectivity index is 1.33. The molecule has 1 aliphatic heterocycles. The largest absolute Gasteiger partial charge is 0.494 e. The third-order valence-electron chi connectivity index (χ3n) is 6.32. The molecule has 0 amide bonds. The Morgan fingerprint density at radius 1 is 1.15 bits per heavy atom. The van der Waals surface area contributed by atoms with E-state index in [9.17, 15) is 10.1 Å². The smallest absolute Gasteiger partial charge is 0.292 e. The molecule has 0 radical (unpaired) electrons. The first-order valence-electron chi connectivity index (χ1n) is 13.5. The number of hydrogen-bond donors (Lipinski definition) is 3. The zero-order chi connectivity index (χ0) is 28.4. The molecule has 3 rings (SSSR count). The van der Waals surface area contributed by atoms with E-state index in [4.69, 9.17) is 15.5 Å². The van der Waals surface area contributed by atoms with Gasteiger partial charge in [-0.2, -0.15) is 5.26 Å². The molecule has 40 heavy (non-hydrogen) atoms. The highest BCUT2D eigenvalue weighted by atomic mass is 16.6. The van der Waals surface area contributed by atoms with Crippen LogP contribution in [0.15, 0.2) is 52.6 Å². The van der Waals surface area contributed by atoms with Crippen LogP contribution in [0, 0.1) is 21.6 Å². The maximum atomic E-state index is 11.3. The summed E-state index contributed by atoms with van der Waals surface area (Å²) in [5.74, 6) is 1.28. The quantitative estimate of drug-likeness (QED) is 0.0260. The number of unbranched alkanes of at least 4 members (excludes halogenated alkanes) is 1. The van der Waals surface area contributed by atoms with Gasteiger partial charge in [0.1, 0.15) is 11.4 Å². The lowest BCUT2D eigenvalue weighted by Crippen LogP contribution is -2.35. The minimum absolute atomic E-state index is 0.170. The Morgan fingerprint density at radius 2 is 2.00 bits per heavy atom. The molecule has 0 bridgehead atoms. The van der Waals surface area contributed by atoms with Crippen LogP contribution in [0.5, 0.6) is 5.75 Å². The van der Waals surface area contributed by atoms with Crippen LogP contribution in [-0.4, -0.2) is 55.1 Å². The van der Waals surface area contributed by atoms with Crippen molar-refractivity contribution in [1.82, 2.24) is 15.5 Å². The summed E-state index contributed by atoms with van der Waals surface area (Å²) in [5, 5.41) is 32.4. The molecule has 0 spiro atoms. The van der Waals surface area contributed by atoms with Crippen molar-refractivity contribution in [3.05, 3.63) is 68.6 Å². The Bertz CT molecular complexity index is 1220. The fraction of sp³-hybridized carbons (Fsp3) is 0.481. The summed E-state index contributed by atoms with van der Waals surface area (Å²) in [7, 11) is 0. The molecule has 2 aromatic rings. The van der Waals surface area contributed by atoms with E-state index in [-0.39, 0.29) is 11.4 Å². The summed E-state index contributed by atoms with van der Waals surface area (Å²) in [4.78, 5) is 20.3. The van der Waals surface area contributed by atoms with E-state index in [0.717, 1.165) is 25.1 Å². The molecule has 0 aliphatic carbocycles. The van der Waals surface area contributed by atoms with E-state index in [1.54, 1.807) is 0 Å². The number of hydrogen-bond acceptors (Lipinski definition) is 8. The van der Waals surface area contributed by atoms with E-state index in [1.807, 2.05) is 18.3 Å². The van der Waals surface area contributed by atoms with E-state index in [0.29, 0.717) is 44.3 Å². The highest BCUT2D eigenvalue weighted by molar-refractivity contribution is 5.81. The lowest BCUT2D eigenvalue weighted by atomic mass is 10.1. The predicted octanol–water partition coefficient (Wildman–Crippen LogP) is 5.20. The van der Waals surface area contributed by atoms with Crippen molar-refractivity contribution in [1.29, 1.82) is 5.26 Å². The zero-order valence-corrected chi connectivity index (χ0v) is 22.6. The third kappa shape index (κ3) is 10.7. The van der Waals surface area contributed by atoms with Crippen molar-refractivity contribution >= 4 is 23.0 Å². The molecule has 212 valence electrons. The van der Waals surface area contributed by atoms with Gasteiger partial charge in [-0.05, 0) is 74.5 Å². The summed E-state index contributed by atoms with van der Waals surface area (Å²) in [6, 6.07) is 12.5. The van der Waals surface area contributed by atoms with Gasteiger partial charge in [0.05, 0.1) is 11.5 Å². The number of ether oxygens (including phenoxy) is 1. The fourth-order valence-corrected chi connectivity index (χ4v) is 4.35. The number of nitro groups is 1. The molecule has 1 fully saturated rings. The molecule has 1 aliphatic rings. The summed E-state index contributed by atoms with van der Waals surface area (Å²) in [5.41, 5.74) is 10.1. The molecule has 0 aromatic heterocycles. The number of likely N-dealkylation sites (tertiary alicyclic amines) is 1. The van der Waals surface area contributed by atoms with Crippen molar-refractivity contribution < 1.29 is 9.66 Å². The number of benzene rings is 2. The Hall–Kier alpha value is -4.53. The van der Waals surface area contributed by atoms with Gasteiger partial charge >= 0.3 is 0 Å². The number of guanidine groups is 1. The zero-order valence-electron chi connectivity index (χ0n) is 22.6. The second-order valence-corrected chi connectivity index (χ2v) is 9.36. The molecule has 3 N–H and O–H groups in total. The monoisotopic (exact) mass is 548 g/mol. The molecule has 0 unspecified atom stereocenters. The van der Waals surface area contributed by atoms with E-state index in [2.05, 4.69) is 48.0 Å². The fourth-order valence-electron chi connectivity index (χ4n) is 4.35. The van der Waals surface area contributed by atoms with Crippen molar-refractivity contribution in [3.8, 4) is 11.9 Å². The van der Waals surface area contributed by atoms with Crippen LogP contribution in [0.3, 0.4) is 0 Å². The highest BCUT2D eigenvalue weighted by Gasteiger charge is 2.14. The second-order valence-electron chi connectivity index (χ2n) is 9.36. The number of nitrogens with zero attached hydrogens (tertiary/aromatic N) is 7. The molecule has 13 nitrogen and oxygen atoms in total. The standard InChI is InChI=1S/C27H36N10O3/c28-21-33-27(32-14-7-13-30-25-11-10-23(34-35-29)19-26(25)37(38)39)31-12-2-5-17-40-24-9-6-8-22(18-24)20-36-15-3-1-4-16-36/h6,8-11,18-19,30H,1-5,7,12-17,20H2,(H2,31,32,33). The first kappa shape index (κ1) is 30.0. The maximum Gasteiger partial charge on any atom is 0.292 e. The molecule has 1 heterocycles. The number of nitrogens with one attached hydrogen (secondary N) is 3. The van der Waals surface area contributed by atoms with Crippen LogP contribution in [0.4, 0.5) is 17.1 Å². The number of rotatable bonds is 15. The SMILES string of the molecule is N#CNC(=NCCCNc1ccc(N=[N+]=[N-])cc1[N+](=O)[O-])NCCCCOc1cccc(CN2CCCCC2)c1. The molecule has 2 aromatic carbocycles. The van der Waals surface area contributed by atoms with E-state index < -0.39 is 4.92 Å². The number of azide groups is 1. The third-order valence-corrected chi connectivity index (χ3v) is 6.32. The number of anilines is 1. The first-order chi connectivity index (χ1) is 19.6. The van der Waals surface area contributed by atoms with Crippen molar-refractivity contribution in [2.45, 2.75) is 45.1 Å². The van der Waals surface area contributed by atoms with Gasteiger partial charge in [-0.25, -0.2) is 0 Å². The summed E-state index contributed by atoms with van der Waals surface area (Å²) < 4.78 is 5.95. The van der Waals surface area contributed by atoms with Gasteiger partial charge < -0.3 is 15.4 Å². The van der Waals surface area contributed by atoms with E-state index in [1.165, 1.54) is 56.1 Å². The summed E-state index contributed by atoms with van der Waals surface area (Å²) in [6.07, 6.45) is 8.05. The van der Waals surface area contributed by atoms with Gasteiger partial charge in [0.25, 0.3) is 5.69 Å². The van der Waals surface area contributed by atoms with Gasteiger partial charge in [-0.1, -0.05) is 29.7 Å². The van der Waals surface area contributed by atoms with Gasteiger partial charge in [-0.15, -0.1) is 0 Å². The second kappa shape index (κ2) is 17.1. The van der Waals surface area contributed by atoms with Crippen LogP contribution < -0.4 is 20.7 Å². The minimum atomic E-state index is -0.533. The molecule has 0 saturated carbocycles. The van der Waals surface area contributed by atoms with Crippen LogP contribution in [0.1, 0.15) is 44.1 Å². The van der Waals surface area contributed by atoms with E-state index >= 15 is 0 Å². The van der Waals surface area contributed by atoms with Gasteiger partial charge in [0.2, 0.25) is 5.96 Å². The van der Waals surface area contributed by atoms with Crippen molar-refractivity contribution in [2.24, 2.45) is 10.1 Å². The lowest BCUT2D eigenvalue weighted by Gasteiger charge is -2.26. The van der Waals surface area contributed by atoms with Crippen LogP contribution in [0.25, 0.3) is 10.4 Å². The number of piperidine rings is 1. The normalized spacial score (nSPS) is 13.5. The molecule has 1 saturated heterocycles. The van der Waals surface area contributed by atoms with Crippen molar-refractivity contribution in [3.63, 3.8) is 0 Å². The van der Waals surface area contributed by atoms with Gasteiger partial charge in [-0.3, -0.25) is 25.3 Å². The topological polar surface area (TPSA) is 177 Å². The minimum Gasteiger partial charge on any atom is -0.494 e. The molecule has 13 heteroatoms. The van der Waals surface area contributed by atoms with Crippen molar-refractivity contribution in [2.75, 3.05) is 44.6 Å².